The maximum atomic E-state index is 12.8. The van der Waals surface area contributed by atoms with Crippen molar-refractivity contribution in [2.75, 3.05) is 25.1 Å². The molecule has 25 heavy (non-hydrogen) atoms. The Morgan fingerprint density at radius 2 is 2.04 bits per heavy atom. The Kier molecular flexibility index (Phi) is 7.08. The summed E-state index contributed by atoms with van der Waals surface area (Å²) in [5, 5.41) is 11.8. The fourth-order valence-corrected chi connectivity index (χ4v) is 3.39. The van der Waals surface area contributed by atoms with Crippen molar-refractivity contribution in [3.8, 4) is 5.75 Å². The molecule has 0 saturated heterocycles. The number of aliphatic carboxylic acids is 1. The van der Waals surface area contributed by atoms with Gasteiger partial charge in [-0.25, -0.2) is 4.79 Å². The summed E-state index contributed by atoms with van der Waals surface area (Å²) in [5.41, 5.74) is 0.181. The smallest absolute Gasteiger partial charge is 0.341 e. The third kappa shape index (κ3) is 5.34. The summed E-state index contributed by atoms with van der Waals surface area (Å²) in [5.74, 6) is -0.820. The van der Waals surface area contributed by atoms with E-state index in [1.165, 1.54) is 0 Å². The van der Waals surface area contributed by atoms with E-state index in [4.69, 9.17) is 26.2 Å². The lowest BCUT2D eigenvalue weighted by atomic mass is 9.82. The van der Waals surface area contributed by atoms with Crippen LogP contribution in [0.1, 0.15) is 39.0 Å². The molecule has 0 aromatic heterocycles. The summed E-state index contributed by atoms with van der Waals surface area (Å²) in [6.07, 6.45) is 4.52. The van der Waals surface area contributed by atoms with E-state index in [2.05, 4.69) is 5.32 Å². The Morgan fingerprint density at radius 3 is 2.64 bits per heavy atom. The van der Waals surface area contributed by atoms with E-state index in [1.807, 2.05) is 6.92 Å². The minimum atomic E-state index is -1.08. The maximum absolute atomic E-state index is 12.8. The molecule has 2 rings (SSSR count). The number of anilines is 1. The third-order valence-electron chi connectivity index (χ3n) is 4.51. The zero-order valence-corrected chi connectivity index (χ0v) is 15.1. The molecule has 1 aromatic carbocycles. The van der Waals surface area contributed by atoms with Crippen molar-refractivity contribution in [3.05, 3.63) is 23.2 Å². The van der Waals surface area contributed by atoms with Gasteiger partial charge in [-0.15, -0.1) is 0 Å². The Hall–Kier alpha value is -1.79. The van der Waals surface area contributed by atoms with Gasteiger partial charge in [-0.2, -0.15) is 0 Å². The van der Waals surface area contributed by atoms with Gasteiger partial charge in [-0.3, -0.25) is 4.79 Å². The lowest BCUT2D eigenvalue weighted by Crippen LogP contribution is -2.35. The molecule has 0 radical (unpaired) electrons. The topological polar surface area (TPSA) is 84.9 Å². The number of hydrogen-bond donors (Lipinski definition) is 2. The summed E-state index contributed by atoms with van der Waals surface area (Å²) < 4.78 is 10.5. The molecule has 1 saturated carbocycles. The molecular formula is C18H24ClNO5. The molecule has 1 fully saturated rings. The highest BCUT2D eigenvalue weighted by atomic mass is 35.5. The van der Waals surface area contributed by atoms with E-state index >= 15 is 0 Å². The summed E-state index contributed by atoms with van der Waals surface area (Å²) >= 11 is 6.10. The van der Waals surface area contributed by atoms with E-state index in [0.29, 0.717) is 25.3 Å². The minimum absolute atomic E-state index is 0.0139. The average molecular weight is 370 g/mol. The van der Waals surface area contributed by atoms with Crippen molar-refractivity contribution in [1.29, 1.82) is 0 Å². The number of ether oxygens (including phenoxy) is 2. The molecule has 7 heteroatoms. The number of carboxylic acids is 1. The number of hydrogen-bond acceptors (Lipinski definition) is 4. The first-order chi connectivity index (χ1) is 12.0. The van der Waals surface area contributed by atoms with Crippen molar-refractivity contribution in [2.24, 2.45) is 5.41 Å². The van der Waals surface area contributed by atoms with E-state index in [-0.39, 0.29) is 22.1 Å². The summed E-state index contributed by atoms with van der Waals surface area (Å²) in [6.45, 7) is 2.70. The van der Waals surface area contributed by atoms with Gasteiger partial charge in [0.2, 0.25) is 5.91 Å². The maximum Gasteiger partial charge on any atom is 0.341 e. The SMILES string of the molecule is CCOCCC1(C(=O)Nc2ccc(OCC(=O)O)c(Cl)c2)CCCC1. The molecule has 6 nitrogen and oxygen atoms in total. The number of carbonyl (C=O) groups is 2. The second-order valence-electron chi connectivity index (χ2n) is 6.22. The Labute approximate surface area is 152 Å². The van der Waals surface area contributed by atoms with Crippen molar-refractivity contribution in [3.63, 3.8) is 0 Å². The van der Waals surface area contributed by atoms with Crippen molar-refractivity contribution in [2.45, 2.75) is 39.0 Å². The van der Waals surface area contributed by atoms with E-state index < -0.39 is 12.6 Å². The Morgan fingerprint density at radius 1 is 1.32 bits per heavy atom. The van der Waals surface area contributed by atoms with E-state index in [0.717, 1.165) is 25.7 Å². The highest BCUT2D eigenvalue weighted by Crippen LogP contribution is 2.42. The third-order valence-corrected chi connectivity index (χ3v) is 4.81. The van der Waals surface area contributed by atoms with Gasteiger partial charge in [0.25, 0.3) is 0 Å². The van der Waals surface area contributed by atoms with Crippen LogP contribution in [0.2, 0.25) is 5.02 Å². The lowest BCUT2D eigenvalue weighted by Gasteiger charge is -2.27. The van der Waals surface area contributed by atoms with Crippen LogP contribution in [-0.2, 0) is 14.3 Å². The van der Waals surface area contributed by atoms with Crippen LogP contribution in [0.3, 0.4) is 0 Å². The highest BCUT2D eigenvalue weighted by Gasteiger charge is 2.40. The molecule has 1 amide bonds. The predicted octanol–water partition coefficient (Wildman–Crippen LogP) is 3.73. The van der Waals surface area contributed by atoms with Gasteiger partial charge in [0.15, 0.2) is 6.61 Å². The van der Waals surface area contributed by atoms with Crippen LogP contribution < -0.4 is 10.1 Å². The fraction of sp³-hybridized carbons (Fsp3) is 0.556. The normalized spacial score (nSPS) is 15.8. The molecule has 0 heterocycles. The first-order valence-electron chi connectivity index (χ1n) is 8.50. The molecule has 138 valence electrons. The van der Waals surface area contributed by atoms with Crippen LogP contribution in [0.4, 0.5) is 5.69 Å². The lowest BCUT2D eigenvalue weighted by molar-refractivity contribution is -0.139. The molecule has 1 aliphatic carbocycles. The van der Waals surface area contributed by atoms with Crippen molar-refractivity contribution in [1.82, 2.24) is 0 Å². The number of nitrogens with one attached hydrogen (secondary N) is 1. The van der Waals surface area contributed by atoms with Crippen LogP contribution >= 0.6 is 11.6 Å². The molecular weight excluding hydrogens is 346 g/mol. The van der Waals surface area contributed by atoms with Gasteiger partial charge in [0.1, 0.15) is 5.75 Å². The van der Waals surface area contributed by atoms with E-state index in [1.54, 1.807) is 18.2 Å². The predicted molar refractivity (Wildman–Crippen MR) is 95.2 cm³/mol. The van der Waals surface area contributed by atoms with Gasteiger partial charge < -0.3 is 19.9 Å². The summed E-state index contributed by atoms with van der Waals surface area (Å²) in [4.78, 5) is 23.4. The number of halogens is 1. The molecule has 0 unspecified atom stereocenters. The van der Waals surface area contributed by atoms with Crippen LogP contribution in [0.15, 0.2) is 18.2 Å². The standard InChI is InChI=1S/C18H24ClNO5/c1-2-24-10-9-18(7-3-4-8-18)17(23)20-13-5-6-15(14(19)11-13)25-12-16(21)22/h5-6,11H,2-4,7-10,12H2,1H3,(H,20,23)(H,21,22). The number of amides is 1. The van der Waals surface area contributed by atoms with Crippen molar-refractivity contribution < 1.29 is 24.2 Å². The van der Waals surface area contributed by atoms with Gasteiger partial charge >= 0.3 is 5.97 Å². The first-order valence-corrected chi connectivity index (χ1v) is 8.88. The zero-order valence-electron chi connectivity index (χ0n) is 14.3. The van der Waals surface area contributed by atoms with E-state index in [9.17, 15) is 9.59 Å². The largest absolute Gasteiger partial charge is 0.480 e. The fourth-order valence-electron chi connectivity index (χ4n) is 3.15. The molecule has 0 atom stereocenters. The second-order valence-corrected chi connectivity index (χ2v) is 6.62. The van der Waals surface area contributed by atoms with Gasteiger partial charge in [0, 0.05) is 18.9 Å². The Balaban J connectivity index is 2.03. The molecule has 1 aliphatic rings. The summed E-state index contributed by atoms with van der Waals surface area (Å²) in [6, 6.07) is 4.79. The number of benzene rings is 1. The van der Waals surface area contributed by atoms with Gasteiger partial charge in [-0.05, 0) is 44.4 Å². The van der Waals surface area contributed by atoms with Gasteiger partial charge in [-0.1, -0.05) is 24.4 Å². The molecule has 0 spiro atoms. The molecule has 0 bridgehead atoms. The van der Waals surface area contributed by atoms with Crippen LogP contribution in [-0.4, -0.2) is 36.8 Å². The number of carboxylic acid groups (broad SMARTS) is 1. The van der Waals surface area contributed by atoms with Crippen LogP contribution in [0.25, 0.3) is 0 Å². The van der Waals surface area contributed by atoms with Crippen LogP contribution in [0, 0.1) is 5.41 Å². The zero-order chi connectivity index (χ0) is 18.3. The quantitative estimate of drug-likeness (QED) is 0.648. The monoisotopic (exact) mass is 369 g/mol. The molecule has 2 N–H and O–H groups in total. The average Bonchev–Trinajstić information content (AvgIpc) is 3.04. The molecule has 0 aliphatic heterocycles. The second kappa shape index (κ2) is 9.06. The van der Waals surface area contributed by atoms with Gasteiger partial charge in [0.05, 0.1) is 10.4 Å². The summed E-state index contributed by atoms with van der Waals surface area (Å²) in [7, 11) is 0. The number of rotatable bonds is 9. The first kappa shape index (κ1) is 19.5. The Bertz CT molecular complexity index is 613. The molecule has 1 aromatic rings. The van der Waals surface area contributed by atoms with Crippen molar-refractivity contribution >= 4 is 29.2 Å². The van der Waals surface area contributed by atoms with Crippen LogP contribution in [0.5, 0.6) is 5.75 Å². The highest BCUT2D eigenvalue weighted by molar-refractivity contribution is 6.32. The number of carbonyl (C=O) groups excluding carboxylic acids is 1. The minimum Gasteiger partial charge on any atom is -0.480 e.